The van der Waals surface area contributed by atoms with Crippen molar-refractivity contribution in [3.05, 3.63) is 95.5 Å². The number of hydrogen-bond acceptors (Lipinski definition) is 8. The Kier molecular flexibility index (Phi) is 6.38. The summed E-state index contributed by atoms with van der Waals surface area (Å²) in [6, 6.07) is 18.4. The number of para-hydroxylation sites is 1. The van der Waals surface area contributed by atoms with Gasteiger partial charge in [0.15, 0.2) is 0 Å². The van der Waals surface area contributed by atoms with Gasteiger partial charge in [-0.05, 0) is 23.3 Å². The van der Waals surface area contributed by atoms with Crippen molar-refractivity contribution in [3.63, 3.8) is 0 Å². The SMILES string of the molecule is COCc1coc2c1/C(=C\C(=O)OC)[C@]1(C(=O)OC)C[C@H](c3ccccc3)ON(c3ccccc3)[C@H]21. The lowest BCUT2D eigenvalue weighted by atomic mass is 9.70. The van der Waals surface area contributed by atoms with Crippen molar-refractivity contribution in [2.75, 3.05) is 26.4 Å². The molecule has 0 unspecified atom stereocenters. The number of esters is 2. The number of rotatable bonds is 6. The molecule has 0 amide bonds. The largest absolute Gasteiger partial charge is 0.468 e. The van der Waals surface area contributed by atoms with Crippen LogP contribution < -0.4 is 5.06 Å². The predicted molar refractivity (Wildman–Crippen MR) is 130 cm³/mol. The van der Waals surface area contributed by atoms with Crippen LogP contribution >= 0.6 is 0 Å². The predicted octanol–water partition coefficient (Wildman–Crippen LogP) is 4.78. The summed E-state index contributed by atoms with van der Waals surface area (Å²) in [5, 5.41) is 1.70. The number of hydrogen-bond donors (Lipinski definition) is 0. The second-order valence-electron chi connectivity index (χ2n) is 8.75. The highest BCUT2D eigenvalue weighted by Gasteiger charge is 2.65. The highest BCUT2D eigenvalue weighted by molar-refractivity contribution is 6.05. The molecule has 1 saturated heterocycles. The molecule has 0 saturated carbocycles. The van der Waals surface area contributed by atoms with E-state index in [0.717, 1.165) is 11.3 Å². The number of anilines is 1. The van der Waals surface area contributed by atoms with E-state index >= 15 is 0 Å². The average Bonchev–Trinajstić information content (AvgIpc) is 3.45. The number of methoxy groups -OCH3 is 3. The van der Waals surface area contributed by atoms with Gasteiger partial charge in [0, 0.05) is 30.7 Å². The molecular weight excluding hydrogens is 462 g/mol. The third kappa shape index (κ3) is 3.70. The van der Waals surface area contributed by atoms with Crippen LogP contribution in [0.2, 0.25) is 0 Å². The summed E-state index contributed by atoms with van der Waals surface area (Å²) >= 11 is 0. The lowest BCUT2D eigenvalue weighted by Crippen LogP contribution is -2.50. The summed E-state index contributed by atoms with van der Waals surface area (Å²) in [4.78, 5) is 33.1. The Morgan fingerprint density at radius 3 is 2.36 bits per heavy atom. The molecule has 5 rings (SSSR count). The van der Waals surface area contributed by atoms with Crippen LogP contribution in [-0.4, -0.2) is 33.3 Å². The number of benzene rings is 2. The quantitative estimate of drug-likeness (QED) is 0.361. The number of furan rings is 1. The maximum atomic E-state index is 13.9. The van der Waals surface area contributed by atoms with Gasteiger partial charge in [0.1, 0.15) is 23.3 Å². The zero-order valence-corrected chi connectivity index (χ0v) is 20.3. The summed E-state index contributed by atoms with van der Waals surface area (Å²) < 4.78 is 21.9. The second-order valence-corrected chi connectivity index (χ2v) is 8.75. The van der Waals surface area contributed by atoms with Gasteiger partial charge in [-0.15, -0.1) is 0 Å². The van der Waals surface area contributed by atoms with Gasteiger partial charge in [0.2, 0.25) is 0 Å². The van der Waals surface area contributed by atoms with Crippen LogP contribution in [0.5, 0.6) is 0 Å². The normalized spacial score (nSPS) is 23.8. The molecule has 3 aromatic rings. The first kappa shape index (κ1) is 23.8. The smallest absolute Gasteiger partial charge is 0.330 e. The Bertz CT molecular complexity index is 1280. The van der Waals surface area contributed by atoms with Crippen molar-refractivity contribution >= 4 is 23.2 Å². The molecule has 1 fully saturated rings. The zero-order chi connectivity index (χ0) is 25.3. The minimum atomic E-state index is -1.32. The molecule has 2 aromatic carbocycles. The molecule has 0 radical (unpaired) electrons. The molecule has 36 heavy (non-hydrogen) atoms. The van der Waals surface area contributed by atoms with E-state index in [4.69, 9.17) is 23.5 Å². The molecule has 2 aliphatic rings. The van der Waals surface area contributed by atoms with Gasteiger partial charge < -0.3 is 18.6 Å². The standard InChI is InChI=1S/C28H27NO7/c1-32-16-19-17-35-25-24(19)21(14-23(30)33-2)28(27(31)34-3)15-22(18-10-6-4-7-11-18)36-29(26(25)28)20-12-8-5-9-13-20/h4-14,17,22,26H,15-16H2,1-3H3/b21-14+/t22-,26-,28-/m1/s1. The van der Waals surface area contributed by atoms with Crippen LogP contribution in [-0.2, 0) is 35.2 Å². The fourth-order valence-corrected chi connectivity index (χ4v) is 5.33. The number of carbonyl (C=O) groups is 2. The minimum absolute atomic E-state index is 0.219. The first-order valence-corrected chi connectivity index (χ1v) is 11.6. The summed E-state index contributed by atoms with van der Waals surface area (Å²) in [7, 11) is 4.22. The zero-order valence-electron chi connectivity index (χ0n) is 20.3. The summed E-state index contributed by atoms with van der Waals surface area (Å²) in [6.45, 7) is 0.232. The van der Waals surface area contributed by atoms with Gasteiger partial charge in [0.25, 0.3) is 0 Å². The third-order valence-electron chi connectivity index (χ3n) is 6.84. The lowest BCUT2D eigenvalue weighted by molar-refractivity contribution is -0.161. The van der Waals surface area contributed by atoms with Crippen LogP contribution in [0.15, 0.2) is 77.4 Å². The Hall–Kier alpha value is -3.88. The average molecular weight is 490 g/mol. The van der Waals surface area contributed by atoms with E-state index in [0.29, 0.717) is 22.5 Å². The van der Waals surface area contributed by atoms with Crippen molar-refractivity contribution in [2.45, 2.75) is 25.2 Å². The molecule has 0 spiro atoms. The van der Waals surface area contributed by atoms with Crippen LogP contribution in [0, 0.1) is 5.41 Å². The minimum Gasteiger partial charge on any atom is -0.468 e. The molecule has 0 bridgehead atoms. The Morgan fingerprint density at radius 1 is 1.03 bits per heavy atom. The van der Waals surface area contributed by atoms with E-state index in [1.54, 1.807) is 18.4 Å². The molecule has 2 heterocycles. The Balaban J connectivity index is 1.80. The molecule has 1 aromatic heterocycles. The van der Waals surface area contributed by atoms with Crippen LogP contribution in [0.4, 0.5) is 5.69 Å². The van der Waals surface area contributed by atoms with Crippen LogP contribution in [0.1, 0.15) is 41.0 Å². The van der Waals surface area contributed by atoms with Gasteiger partial charge in [-0.25, -0.2) is 9.86 Å². The van der Waals surface area contributed by atoms with Crippen LogP contribution in [0.25, 0.3) is 5.57 Å². The van der Waals surface area contributed by atoms with Gasteiger partial charge in [-0.3, -0.25) is 9.63 Å². The van der Waals surface area contributed by atoms with Crippen molar-refractivity contribution in [2.24, 2.45) is 5.41 Å². The van der Waals surface area contributed by atoms with E-state index in [2.05, 4.69) is 0 Å². The number of carbonyl (C=O) groups excluding carboxylic acids is 2. The fourth-order valence-electron chi connectivity index (χ4n) is 5.33. The second kappa shape index (κ2) is 9.64. The van der Waals surface area contributed by atoms with Crippen molar-refractivity contribution in [1.82, 2.24) is 0 Å². The molecule has 8 heteroatoms. The first-order chi connectivity index (χ1) is 17.5. The van der Waals surface area contributed by atoms with Crippen molar-refractivity contribution in [1.29, 1.82) is 0 Å². The highest BCUT2D eigenvalue weighted by Crippen LogP contribution is 2.65. The van der Waals surface area contributed by atoms with Gasteiger partial charge in [-0.2, -0.15) is 0 Å². The van der Waals surface area contributed by atoms with E-state index in [1.165, 1.54) is 20.3 Å². The number of hydroxylamine groups is 1. The first-order valence-electron chi connectivity index (χ1n) is 11.6. The highest BCUT2D eigenvalue weighted by atomic mass is 16.7. The molecule has 0 N–H and O–H groups in total. The van der Waals surface area contributed by atoms with E-state index < -0.39 is 29.5 Å². The fraction of sp³-hybridized carbons (Fsp3) is 0.286. The Labute approximate surface area is 209 Å². The Morgan fingerprint density at radius 2 is 1.72 bits per heavy atom. The van der Waals surface area contributed by atoms with Crippen molar-refractivity contribution < 1.29 is 33.1 Å². The van der Waals surface area contributed by atoms with Gasteiger partial charge in [0.05, 0.1) is 32.8 Å². The monoisotopic (exact) mass is 489 g/mol. The molecule has 3 atom stereocenters. The molecule has 1 aliphatic carbocycles. The number of ether oxygens (including phenoxy) is 3. The number of nitrogens with zero attached hydrogens (tertiary/aromatic N) is 1. The van der Waals surface area contributed by atoms with Crippen molar-refractivity contribution in [3.8, 4) is 0 Å². The topological polar surface area (TPSA) is 87.4 Å². The van der Waals surface area contributed by atoms with E-state index in [1.807, 2.05) is 60.7 Å². The third-order valence-corrected chi connectivity index (χ3v) is 6.84. The summed E-state index contributed by atoms with van der Waals surface area (Å²) in [6.07, 6.45) is 2.66. The lowest BCUT2D eigenvalue weighted by Gasteiger charge is -2.47. The van der Waals surface area contributed by atoms with E-state index in [9.17, 15) is 9.59 Å². The summed E-state index contributed by atoms with van der Waals surface area (Å²) in [5.74, 6) is -0.584. The van der Waals surface area contributed by atoms with Gasteiger partial charge in [-0.1, -0.05) is 48.5 Å². The van der Waals surface area contributed by atoms with Crippen LogP contribution in [0.3, 0.4) is 0 Å². The molecule has 186 valence electrons. The maximum absolute atomic E-state index is 13.9. The van der Waals surface area contributed by atoms with Gasteiger partial charge >= 0.3 is 11.9 Å². The molecular formula is C28H27NO7. The summed E-state index contributed by atoms with van der Waals surface area (Å²) in [5.41, 5.74) is 2.10. The van der Waals surface area contributed by atoms with E-state index in [-0.39, 0.29) is 13.0 Å². The molecule has 8 nitrogen and oxygen atoms in total. The molecule has 1 aliphatic heterocycles. The maximum Gasteiger partial charge on any atom is 0.330 e. The number of fused-ring (bicyclic) bond motifs is 3.